The molecule has 3 N–H and O–H groups in total. The van der Waals surface area contributed by atoms with Gasteiger partial charge >= 0.3 is 6.03 Å². The lowest BCUT2D eigenvalue weighted by Crippen LogP contribution is -2.48. The molecule has 0 atom stereocenters. The summed E-state index contributed by atoms with van der Waals surface area (Å²) in [4.78, 5) is 13.9. The molecule has 5 heteroatoms. The number of benzene rings is 1. The van der Waals surface area contributed by atoms with E-state index in [4.69, 9.17) is 5.11 Å². The number of likely N-dealkylation sites (tertiary alicyclic amines) is 1. The SMILES string of the molecule is O=C(NCCO)NC1CCN(Cc2ccccc2)CC1. The molecule has 110 valence electrons. The van der Waals surface area contributed by atoms with Gasteiger partial charge in [0, 0.05) is 32.2 Å². The minimum absolute atomic E-state index is 0.0249. The third-order valence-electron chi connectivity index (χ3n) is 3.57. The van der Waals surface area contributed by atoms with Crippen LogP contribution in [0.4, 0.5) is 4.79 Å². The number of aliphatic hydroxyl groups excluding tert-OH is 1. The second-order valence-electron chi connectivity index (χ2n) is 5.16. The van der Waals surface area contributed by atoms with E-state index in [0.29, 0.717) is 6.54 Å². The Labute approximate surface area is 120 Å². The van der Waals surface area contributed by atoms with Crippen LogP contribution in [0, 0.1) is 0 Å². The van der Waals surface area contributed by atoms with Gasteiger partial charge in [-0.1, -0.05) is 30.3 Å². The Morgan fingerprint density at radius 3 is 2.60 bits per heavy atom. The van der Waals surface area contributed by atoms with Crippen molar-refractivity contribution < 1.29 is 9.90 Å². The largest absolute Gasteiger partial charge is 0.395 e. The Morgan fingerprint density at radius 1 is 1.25 bits per heavy atom. The molecule has 0 radical (unpaired) electrons. The second-order valence-corrected chi connectivity index (χ2v) is 5.16. The van der Waals surface area contributed by atoms with E-state index in [-0.39, 0.29) is 18.7 Å². The van der Waals surface area contributed by atoms with E-state index in [2.05, 4.69) is 39.8 Å². The van der Waals surface area contributed by atoms with Gasteiger partial charge in [-0.3, -0.25) is 4.90 Å². The molecule has 2 rings (SSSR count). The first-order valence-corrected chi connectivity index (χ1v) is 7.19. The highest BCUT2D eigenvalue weighted by molar-refractivity contribution is 5.74. The van der Waals surface area contributed by atoms with Gasteiger partial charge in [0.15, 0.2) is 0 Å². The molecule has 0 aromatic heterocycles. The van der Waals surface area contributed by atoms with Crippen molar-refractivity contribution in [2.24, 2.45) is 0 Å². The molecule has 5 nitrogen and oxygen atoms in total. The lowest BCUT2D eigenvalue weighted by molar-refractivity contribution is 0.185. The molecule has 1 saturated heterocycles. The Hall–Kier alpha value is -1.59. The molecule has 0 unspecified atom stereocenters. The fourth-order valence-electron chi connectivity index (χ4n) is 2.48. The Bertz CT molecular complexity index is 403. The van der Waals surface area contributed by atoms with Crippen molar-refractivity contribution in [1.29, 1.82) is 0 Å². The first kappa shape index (κ1) is 14.8. The van der Waals surface area contributed by atoms with E-state index in [9.17, 15) is 4.79 Å². The minimum Gasteiger partial charge on any atom is -0.395 e. The van der Waals surface area contributed by atoms with E-state index < -0.39 is 0 Å². The highest BCUT2D eigenvalue weighted by Gasteiger charge is 2.20. The highest BCUT2D eigenvalue weighted by atomic mass is 16.3. The first-order valence-electron chi connectivity index (χ1n) is 7.19. The van der Waals surface area contributed by atoms with E-state index in [1.807, 2.05) is 6.07 Å². The molecule has 0 spiro atoms. The smallest absolute Gasteiger partial charge is 0.315 e. The number of piperidine rings is 1. The lowest BCUT2D eigenvalue weighted by Gasteiger charge is -2.32. The Morgan fingerprint density at radius 2 is 1.95 bits per heavy atom. The lowest BCUT2D eigenvalue weighted by atomic mass is 10.0. The summed E-state index contributed by atoms with van der Waals surface area (Å²) in [5, 5.41) is 14.2. The van der Waals surface area contributed by atoms with Crippen LogP contribution in [-0.4, -0.2) is 48.3 Å². The van der Waals surface area contributed by atoms with E-state index >= 15 is 0 Å². The van der Waals surface area contributed by atoms with Gasteiger partial charge in [-0.15, -0.1) is 0 Å². The molecule has 1 fully saturated rings. The number of amides is 2. The molecule has 0 bridgehead atoms. The highest BCUT2D eigenvalue weighted by Crippen LogP contribution is 2.13. The average Bonchev–Trinajstić information content (AvgIpc) is 2.48. The third kappa shape index (κ3) is 4.83. The third-order valence-corrected chi connectivity index (χ3v) is 3.57. The monoisotopic (exact) mass is 277 g/mol. The van der Waals surface area contributed by atoms with Gasteiger partial charge in [0.1, 0.15) is 0 Å². The molecule has 1 aromatic rings. The van der Waals surface area contributed by atoms with Crippen LogP contribution >= 0.6 is 0 Å². The van der Waals surface area contributed by atoms with Crippen LogP contribution in [0.5, 0.6) is 0 Å². The molecule has 1 aromatic carbocycles. The fourth-order valence-corrected chi connectivity index (χ4v) is 2.48. The topological polar surface area (TPSA) is 64.6 Å². The van der Waals surface area contributed by atoms with Crippen LogP contribution in [0.2, 0.25) is 0 Å². The van der Waals surface area contributed by atoms with Crippen molar-refractivity contribution in [2.75, 3.05) is 26.2 Å². The summed E-state index contributed by atoms with van der Waals surface area (Å²) in [6.07, 6.45) is 1.94. The van der Waals surface area contributed by atoms with Crippen molar-refractivity contribution in [1.82, 2.24) is 15.5 Å². The Balaban J connectivity index is 1.68. The van der Waals surface area contributed by atoms with Crippen LogP contribution in [-0.2, 0) is 6.54 Å². The van der Waals surface area contributed by atoms with Crippen molar-refractivity contribution in [3.63, 3.8) is 0 Å². The predicted octanol–water partition coefficient (Wildman–Crippen LogP) is 0.943. The van der Waals surface area contributed by atoms with E-state index in [0.717, 1.165) is 32.5 Å². The molecule has 20 heavy (non-hydrogen) atoms. The summed E-state index contributed by atoms with van der Waals surface area (Å²) >= 11 is 0. The predicted molar refractivity (Wildman–Crippen MR) is 78.4 cm³/mol. The van der Waals surface area contributed by atoms with Gasteiger partial charge in [0.05, 0.1) is 6.61 Å². The summed E-state index contributed by atoms with van der Waals surface area (Å²) in [6, 6.07) is 10.5. The summed E-state index contributed by atoms with van der Waals surface area (Å²) in [7, 11) is 0. The number of carbonyl (C=O) groups excluding carboxylic acids is 1. The number of rotatable bonds is 5. The van der Waals surface area contributed by atoms with Gasteiger partial charge in [0.2, 0.25) is 0 Å². The minimum atomic E-state index is -0.180. The standard InChI is InChI=1S/C15H23N3O2/c19-11-8-16-15(20)17-14-6-9-18(10-7-14)12-13-4-2-1-3-5-13/h1-5,14,19H,6-12H2,(H2,16,17,20). The first-order chi connectivity index (χ1) is 9.78. The average molecular weight is 277 g/mol. The number of hydrogen-bond donors (Lipinski definition) is 3. The molecular weight excluding hydrogens is 254 g/mol. The maximum atomic E-state index is 11.5. The molecule has 1 aliphatic rings. The van der Waals surface area contributed by atoms with Crippen LogP contribution in [0.15, 0.2) is 30.3 Å². The molecule has 1 aliphatic heterocycles. The number of nitrogens with zero attached hydrogens (tertiary/aromatic N) is 1. The second kappa shape index (κ2) is 7.87. The van der Waals surface area contributed by atoms with Gasteiger partial charge in [-0.25, -0.2) is 4.79 Å². The van der Waals surface area contributed by atoms with Gasteiger partial charge in [-0.05, 0) is 18.4 Å². The molecular formula is C15H23N3O2. The number of hydrogen-bond acceptors (Lipinski definition) is 3. The van der Waals surface area contributed by atoms with E-state index in [1.165, 1.54) is 5.56 Å². The summed E-state index contributed by atoms with van der Waals surface area (Å²) in [6.45, 7) is 3.26. The van der Waals surface area contributed by atoms with E-state index in [1.54, 1.807) is 0 Å². The van der Waals surface area contributed by atoms with Crippen molar-refractivity contribution >= 4 is 6.03 Å². The summed E-state index contributed by atoms with van der Waals surface area (Å²) < 4.78 is 0. The zero-order valence-corrected chi connectivity index (χ0v) is 11.7. The number of urea groups is 1. The normalized spacial score (nSPS) is 16.9. The maximum Gasteiger partial charge on any atom is 0.315 e. The van der Waals surface area contributed by atoms with Gasteiger partial charge < -0.3 is 15.7 Å². The van der Waals surface area contributed by atoms with Crippen LogP contribution in [0.3, 0.4) is 0 Å². The number of aliphatic hydroxyl groups is 1. The zero-order chi connectivity index (χ0) is 14.2. The maximum absolute atomic E-state index is 11.5. The molecule has 2 amide bonds. The van der Waals surface area contributed by atoms with Crippen molar-refractivity contribution in [3.05, 3.63) is 35.9 Å². The quantitative estimate of drug-likeness (QED) is 0.750. The molecule has 0 saturated carbocycles. The van der Waals surface area contributed by atoms with Crippen LogP contribution in [0.25, 0.3) is 0 Å². The van der Waals surface area contributed by atoms with Gasteiger partial charge in [-0.2, -0.15) is 0 Å². The Kier molecular flexibility index (Phi) is 5.83. The zero-order valence-electron chi connectivity index (χ0n) is 11.7. The summed E-state index contributed by atoms with van der Waals surface area (Å²) in [5.74, 6) is 0. The van der Waals surface area contributed by atoms with Gasteiger partial charge in [0.25, 0.3) is 0 Å². The number of nitrogens with one attached hydrogen (secondary N) is 2. The van der Waals surface area contributed by atoms with Crippen LogP contribution < -0.4 is 10.6 Å². The molecule has 1 heterocycles. The summed E-state index contributed by atoms with van der Waals surface area (Å²) in [5.41, 5.74) is 1.33. The van der Waals surface area contributed by atoms with Crippen molar-refractivity contribution in [3.8, 4) is 0 Å². The van der Waals surface area contributed by atoms with Crippen molar-refractivity contribution in [2.45, 2.75) is 25.4 Å². The fraction of sp³-hybridized carbons (Fsp3) is 0.533. The molecule has 0 aliphatic carbocycles. The number of carbonyl (C=O) groups is 1. The van der Waals surface area contributed by atoms with Crippen LogP contribution in [0.1, 0.15) is 18.4 Å².